The quantitative estimate of drug-likeness (QED) is 0.801. The van der Waals surface area contributed by atoms with Crippen molar-refractivity contribution in [2.75, 3.05) is 24.5 Å². The van der Waals surface area contributed by atoms with Gasteiger partial charge in [-0.15, -0.1) is 10.2 Å². The van der Waals surface area contributed by atoms with Crippen molar-refractivity contribution in [1.29, 1.82) is 5.26 Å². The second-order valence-electron chi connectivity index (χ2n) is 6.94. The largest absolute Gasteiger partial charge is 0.353 e. The Morgan fingerprint density at radius 1 is 1.33 bits per heavy atom. The van der Waals surface area contributed by atoms with Crippen LogP contribution in [-0.4, -0.2) is 41.8 Å². The molecule has 0 spiro atoms. The van der Waals surface area contributed by atoms with Gasteiger partial charge in [-0.1, -0.05) is 31.2 Å². The third-order valence-corrected chi connectivity index (χ3v) is 4.91. The molecule has 1 saturated heterocycles. The van der Waals surface area contributed by atoms with E-state index < -0.39 is 0 Å². The standard InChI is InChI=1S/C20H24N6O/c1-14(11-21)16-4-2-15(3-5-16)10-20(27)23-18-8-9-26(13-18)19-7-6-17(12-22)24-25-19/h2-7,14,18H,8-11,13,21H2,1H3,(H,23,27). The van der Waals surface area contributed by atoms with E-state index in [2.05, 4.69) is 27.3 Å². The minimum atomic E-state index is 0.0207. The molecule has 1 aromatic heterocycles. The van der Waals surface area contributed by atoms with E-state index in [0.29, 0.717) is 31.1 Å². The van der Waals surface area contributed by atoms with E-state index in [1.165, 1.54) is 5.56 Å². The number of aromatic nitrogens is 2. The Bertz CT molecular complexity index is 812. The molecule has 1 fully saturated rings. The number of anilines is 1. The molecule has 2 heterocycles. The Morgan fingerprint density at radius 3 is 2.74 bits per heavy atom. The van der Waals surface area contributed by atoms with E-state index >= 15 is 0 Å². The molecule has 0 aliphatic carbocycles. The van der Waals surface area contributed by atoms with Crippen molar-refractivity contribution in [3.8, 4) is 6.07 Å². The summed E-state index contributed by atoms with van der Waals surface area (Å²) in [6, 6.07) is 13.6. The highest BCUT2D eigenvalue weighted by atomic mass is 16.1. The number of nitrogens with one attached hydrogen (secondary N) is 1. The SMILES string of the molecule is CC(CN)c1ccc(CC(=O)NC2CCN(c3ccc(C#N)nn3)C2)cc1. The van der Waals surface area contributed by atoms with E-state index in [9.17, 15) is 4.79 Å². The first-order valence-corrected chi connectivity index (χ1v) is 9.16. The fourth-order valence-corrected chi connectivity index (χ4v) is 3.20. The minimum absolute atomic E-state index is 0.0207. The number of nitrogens with two attached hydrogens (primary N) is 1. The third kappa shape index (κ3) is 4.80. The summed E-state index contributed by atoms with van der Waals surface area (Å²) in [7, 11) is 0. The first kappa shape index (κ1) is 18.8. The van der Waals surface area contributed by atoms with Gasteiger partial charge in [0.1, 0.15) is 6.07 Å². The lowest BCUT2D eigenvalue weighted by Gasteiger charge is -2.17. The Balaban J connectivity index is 1.50. The van der Waals surface area contributed by atoms with Crippen LogP contribution >= 0.6 is 0 Å². The summed E-state index contributed by atoms with van der Waals surface area (Å²) in [6.45, 7) is 4.20. The van der Waals surface area contributed by atoms with Crippen molar-refractivity contribution < 1.29 is 4.79 Å². The van der Waals surface area contributed by atoms with Crippen LogP contribution in [0, 0.1) is 11.3 Å². The summed E-state index contributed by atoms with van der Waals surface area (Å²) in [5, 5.41) is 19.8. The summed E-state index contributed by atoms with van der Waals surface area (Å²) in [5.74, 6) is 1.07. The van der Waals surface area contributed by atoms with E-state index in [0.717, 1.165) is 24.3 Å². The maximum Gasteiger partial charge on any atom is 0.224 e. The lowest BCUT2D eigenvalue weighted by atomic mass is 9.99. The molecule has 2 aromatic rings. The summed E-state index contributed by atoms with van der Waals surface area (Å²) in [5.41, 5.74) is 8.18. The van der Waals surface area contributed by atoms with Crippen LogP contribution in [0.15, 0.2) is 36.4 Å². The van der Waals surface area contributed by atoms with Gasteiger partial charge in [0, 0.05) is 19.1 Å². The van der Waals surface area contributed by atoms with Gasteiger partial charge in [0.05, 0.1) is 6.42 Å². The summed E-state index contributed by atoms with van der Waals surface area (Å²) < 4.78 is 0. The monoisotopic (exact) mass is 364 g/mol. The van der Waals surface area contributed by atoms with Gasteiger partial charge in [-0.3, -0.25) is 4.79 Å². The minimum Gasteiger partial charge on any atom is -0.353 e. The molecule has 1 amide bonds. The smallest absolute Gasteiger partial charge is 0.224 e. The van der Waals surface area contributed by atoms with Crippen LogP contribution in [0.4, 0.5) is 5.82 Å². The average Bonchev–Trinajstić information content (AvgIpc) is 3.16. The molecule has 0 radical (unpaired) electrons. The molecule has 0 saturated carbocycles. The van der Waals surface area contributed by atoms with Crippen LogP contribution in [-0.2, 0) is 11.2 Å². The Labute approximate surface area is 159 Å². The molecule has 7 nitrogen and oxygen atoms in total. The average molecular weight is 364 g/mol. The molecule has 7 heteroatoms. The normalized spacial score (nSPS) is 17.4. The van der Waals surface area contributed by atoms with Gasteiger partial charge < -0.3 is 16.0 Å². The van der Waals surface area contributed by atoms with E-state index in [-0.39, 0.29) is 11.9 Å². The predicted molar refractivity (Wildman–Crippen MR) is 103 cm³/mol. The van der Waals surface area contributed by atoms with E-state index in [4.69, 9.17) is 11.0 Å². The molecule has 3 rings (SSSR count). The van der Waals surface area contributed by atoms with Crippen LogP contribution in [0.25, 0.3) is 0 Å². The second-order valence-corrected chi connectivity index (χ2v) is 6.94. The molecule has 3 N–H and O–H groups in total. The first-order chi connectivity index (χ1) is 13.1. The molecule has 1 aromatic carbocycles. The molecule has 1 aliphatic heterocycles. The van der Waals surface area contributed by atoms with Crippen LogP contribution < -0.4 is 16.0 Å². The maximum absolute atomic E-state index is 12.4. The second kappa shape index (κ2) is 8.60. The van der Waals surface area contributed by atoms with Crippen molar-refractivity contribution in [3.05, 3.63) is 53.2 Å². The van der Waals surface area contributed by atoms with Crippen molar-refractivity contribution in [1.82, 2.24) is 15.5 Å². The van der Waals surface area contributed by atoms with Crippen LogP contribution in [0.5, 0.6) is 0 Å². The van der Waals surface area contributed by atoms with Crippen LogP contribution in [0.2, 0.25) is 0 Å². The van der Waals surface area contributed by atoms with Crippen molar-refractivity contribution in [3.63, 3.8) is 0 Å². The number of rotatable bonds is 6. The molecule has 2 atom stereocenters. The van der Waals surface area contributed by atoms with Gasteiger partial charge in [-0.2, -0.15) is 5.26 Å². The molecule has 1 aliphatic rings. The fraction of sp³-hybridized carbons (Fsp3) is 0.400. The van der Waals surface area contributed by atoms with Crippen LogP contribution in [0.3, 0.4) is 0 Å². The number of nitriles is 1. The third-order valence-electron chi connectivity index (χ3n) is 4.91. The van der Waals surface area contributed by atoms with Crippen molar-refractivity contribution in [2.24, 2.45) is 5.73 Å². The molecule has 0 bridgehead atoms. The van der Waals surface area contributed by atoms with Gasteiger partial charge in [0.25, 0.3) is 0 Å². The number of carbonyl (C=O) groups excluding carboxylic acids is 1. The Kier molecular flexibility index (Phi) is 5.99. The van der Waals surface area contributed by atoms with Crippen LogP contribution in [0.1, 0.15) is 36.1 Å². The number of benzene rings is 1. The predicted octanol–water partition coefficient (Wildman–Crippen LogP) is 1.35. The molecule has 140 valence electrons. The zero-order valence-corrected chi connectivity index (χ0v) is 15.4. The lowest BCUT2D eigenvalue weighted by Crippen LogP contribution is -2.38. The molecule has 27 heavy (non-hydrogen) atoms. The number of amides is 1. The number of hydrogen-bond donors (Lipinski definition) is 2. The van der Waals surface area contributed by atoms with E-state index in [1.54, 1.807) is 12.1 Å². The number of nitrogens with zero attached hydrogens (tertiary/aromatic N) is 4. The zero-order chi connectivity index (χ0) is 19.2. The number of carbonyl (C=O) groups is 1. The highest BCUT2D eigenvalue weighted by molar-refractivity contribution is 5.79. The zero-order valence-electron chi connectivity index (χ0n) is 15.4. The van der Waals surface area contributed by atoms with E-state index in [1.807, 2.05) is 30.3 Å². The van der Waals surface area contributed by atoms with Crippen molar-refractivity contribution in [2.45, 2.75) is 31.7 Å². The highest BCUT2D eigenvalue weighted by Crippen LogP contribution is 2.18. The Morgan fingerprint density at radius 2 is 2.11 bits per heavy atom. The molecular formula is C20H24N6O. The molecular weight excluding hydrogens is 340 g/mol. The lowest BCUT2D eigenvalue weighted by molar-refractivity contribution is -0.121. The van der Waals surface area contributed by atoms with Gasteiger partial charge in [0.15, 0.2) is 11.5 Å². The van der Waals surface area contributed by atoms with Gasteiger partial charge in [0.2, 0.25) is 5.91 Å². The first-order valence-electron chi connectivity index (χ1n) is 9.16. The molecule has 2 unspecified atom stereocenters. The topological polar surface area (TPSA) is 108 Å². The summed E-state index contributed by atoms with van der Waals surface area (Å²) in [6.07, 6.45) is 1.23. The maximum atomic E-state index is 12.4. The summed E-state index contributed by atoms with van der Waals surface area (Å²) in [4.78, 5) is 14.4. The number of hydrogen-bond acceptors (Lipinski definition) is 6. The highest BCUT2D eigenvalue weighted by Gasteiger charge is 2.25. The summed E-state index contributed by atoms with van der Waals surface area (Å²) >= 11 is 0. The Hall–Kier alpha value is -2.98. The van der Waals surface area contributed by atoms with Gasteiger partial charge >= 0.3 is 0 Å². The van der Waals surface area contributed by atoms with Gasteiger partial charge in [-0.05, 0) is 42.1 Å². The van der Waals surface area contributed by atoms with Gasteiger partial charge in [-0.25, -0.2) is 0 Å². The fourth-order valence-electron chi connectivity index (χ4n) is 3.20. The van der Waals surface area contributed by atoms with Crippen molar-refractivity contribution >= 4 is 11.7 Å².